The number of allylic oxidation sites excluding steroid dienone is 6. The van der Waals surface area contributed by atoms with E-state index in [4.69, 9.17) is 0 Å². The molecule has 0 bridgehead atoms. The number of carboxylic acids is 2. The highest BCUT2D eigenvalue weighted by Crippen LogP contribution is 2.41. The van der Waals surface area contributed by atoms with E-state index in [-0.39, 0.29) is 49.3 Å². The van der Waals surface area contributed by atoms with Gasteiger partial charge in [-0.05, 0) is 31.5 Å². The molecule has 0 aromatic rings. The van der Waals surface area contributed by atoms with Crippen LogP contribution in [0.3, 0.4) is 0 Å². The average molecular weight is 619 g/mol. The number of thiol groups is 1. The van der Waals surface area contributed by atoms with Gasteiger partial charge in [-0.25, -0.2) is 12.6 Å². The first-order valence-electron chi connectivity index (χ1n) is 14.5. The van der Waals surface area contributed by atoms with E-state index in [0.29, 0.717) is 34.1 Å². The summed E-state index contributed by atoms with van der Waals surface area (Å²) in [7, 11) is 0. The molecular weight excluding hydrogens is 580 g/mol. The van der Waals surface area contributed by atoms with Crippen LogP contribution in [0.4, 0.5) is 0 Å². The maximum Gasteiger partial charge on any atom is 0.303 e. The lowest BCUT2D eigenvalue weighted by atomic mass is 9.91. The molecule has 1 saturated heterocycles. The molecule has 0 radical (unpaired) electrons. The summed E-state index contributed by atoms with van der Waals surface area (Å²) in [6.07, 6.45) is 9.63. The van der Waals surface area contributed by atoms with E-state index < -0.39 is 11.9 Å². The minimum atomic E-state index is -0.929. The van der Waals surface area contributed by atoms with Gasteiger partial charge in [0.25, 0.3) is 0 Å². The number of nitrogens with one attached hydrogen (secondary N) is 3. The SMILES string of the molecule is C/C=C1\C(=O)[N-]C(/C=C2/NC(/C=C3\N[C-](/C=C4\NC(=O)[C@@H](C)C4[CH-]CS)C(C)=C3CCC(=O)O)=C(CCC(=O)O)[C-]2C)=C1C. The van der Waals surface area contributed by atoms with Crippen molar-refractivity contribution in [1.29, 1.82) is 0 Å². The molecule has 4 rings (SSSR count). The summed E-state index contributed by atoms with van der Waals surface area (Å²) in [5.74, 6) is -1.25. The van der Waals surface area contributed by atoms with Crippen LogP contribution in [-0.2, 0) is 19.2 Å². The van der Waals surface area contributed by atoms with Gasteiger partial charge in [0, 0.05) is 18.8 Å². The monoisotopic (exact) mass is 618 g/mol. The van der Waals surface area contributed by atoms with E-state index in [0.717, 1.165) is 39.9 Å². The van der Waals surface area contributed by atoms with Crippen molar-refractivity contribution in [2.24, 2.45) is 11.8 Å². The van der Waals surface area contributed by atoms with Gasteiger partial charge >= 0.3 is 11.9 Å². The van der Waals surface area contributed by atoms with E-state index >= 15 is 0 Å². The lowest BCUT2D eigenvalue weighted by Gasteiger charge is -2.29. The first kappa shape index (κ1) is 32.7. The number of amides is 2. The van der Waals surface area contributed by atoms with Crippen LogP contribution in [0, 0.1) is 30.2 Å². The van der Waals surface area contributed by atoms with Crippen LogP contribution in [-0.4, -0.2) is 39.7 Å². The third-order valence-corrected chi connectivity index (χ3v) is 8.63. The largest absolute Gasteiger partial charge is 0.633 e. The molecule has 4 aliphatic rings. The molecule has 4 aliphatic heterocycles. The van der Waals surface area contributed by atoms with Gasteiger partial charge in [-0.1, -0.05) is 62.4 Å². The van der Waals surface area contributed by atoms with E-state index in [1.54, 1.807) is 19.1 Å². The number of hydrogen-bond donors (Lipinski definition) is 6. The second-order valence-electron chi connectivity index (χ2n) is 11.1. The van der Waals surface area contributed by atoms with Gasteiger partial charge in [-0.3, -0.25) is 14.4 Å². The van der Waals surface area contributed by atoms with Crippen molar-refractivity contribution in [3.05, 3.63) is 104 Å². The van der Waals surface area contributed by atoms with Crippen LogP contribution >= 0.6 is 12.6 Å². The minimum Gasteiger partial charge on any atom is -0.633 e. The molecule has 0 aliphatic carbocycles. The standard InChI is InChI=1S/C33H39N4O6S/c1-6-20-16(2)26(36-33(20)43)13-24-17(3)21(7-9-30(38)39)27(34-24)15-28-22(8-10-31(40)41)18(4)25(35-28)14-29-23(11-12-44)19(5)32(42)37-29/h6,11,13-15,19,23,34-35H,7-10,12H2,1-5H3,(H5,36,37,38,39,40,41,42,43,44)/q-3/p-1/b20-6-,24-13+,28-15-,29-14-/t19-,23?/m0/s1. The van der Waals surface area contributed by atoms with Crippen LogP contribution in [0.25, 0.3) is 5.32 Å². The summed E-state index contributed by atoms with van der Waals surface area (Å²) in [6, 6.07) is 0.740. The highest BCUT2D eigenvalue weighted by molar-refractivity contribution is 7.80. The number of carbonyl (C=O) groups excluding carboxylic acids is 2. The van der Waals surface area contributed by atoms with Gasteiger partial charge in [0.1, 0.15) is 0 Å². The molecule has 2 amide bonds. The first-order valence-corrected chi connectivity index (χ1v) is 15.2. The zero-order chi connectivity index (χ0) is 32.3. The summed E-state index contributed by atoms with van der Waals surface area (Å²) >= 11 is 4.32. The minimum absolute atomic E-state index is 0.0716. The summed E-state index contributed by atoms with van der Waals surface area (Å²) in [5.41, 5.74) is 7.10. The molecule has 44 heavy (non-hydrogen) atoms. The number of nitrogens with zero attached hydrogens (tertiary/aromatic N) is 1. The van der Waals surface area contributed by atoms with Gasteiger partial charge in [-0.2, -0.15) is 17.7 Å². The highest BCUT2D eigenvalue weighted by atomic mass is 32.1. The topological polar surface area (TPSA) is 159 Å². The van der Waals surface area contributed by atoms with Crippen LogP contribution in [0.2, 0.25) is 0 Å². The third kappa shape index (κ3) is 6.77. The summed E-state index contributed by atoms with van der Waals surface area (Å²) < 4.78 is 0. The Kier molecular flexibility index (Phi) is 10.1. The predicted octanol–water partition coefficient (Wildman–Crippen LogP) is 4.92. The first-order chi connectivity index (χ1) is 20.9. The van der Waals surface area contributed by atoms with Gasteiger partial charge < -0.3 is 42.7 Å². The van der Waals surface area contributed by atoms with Gasteiger partial charge in [0.2, 0.25) is 5.91 Å². The Morgan fingerprint density at radius 2 is 1.77 bits per heavy atom. The zero-order valence-electron chi connectivity index (χ0n) is 25.5. The Bertz CT molecular complexity index is 1490. The van der Waals surface area contributed by atoms with E-state index in [1.165, 1.54) is 0 Å². The normalized spacial score (nSPS) is 25.7. The lowest BCUT2D eigenvalue weighted by Crippen LogP contribution is -2.19. The third-order valence-electron chi connectivity index (χ3n) is 8.42. The number of hydrogen-bond acceptors (Lipinski definition) is 7. The Morgan fingerprint density at radius 3 is 2.39 bits per heavy atom. The maximum atomic E-state index is 12.5. The molecule has 236 valence electrons. The van der Waals surface area contributed by atoms with Gasteiger partial charge in [0.05, 0.1) is 5.91 Å². The second-order valence-corrected chi connectivity index (χ2v) is 11.5. The molecule has 5 N–H and O–H groups in total. The van der Waals surface area contributed by atoms with Gasteiger partial charge in [-0.15, -0.1) is 40.2 Å². The van der Waals surface area contributed by atoms with Crippen molar-refractivity contribution in [3.8, 4) is 0 Å². The molecule has 10 nitrogen and oxygen atoms in total. The zero-order valence-corrected chi connectivity index (χ0v) is 26.4. The van der Waals surface area contributed by atoms with Crippen molar-refractivity contribution >= 4 is 36.4 Å². The molecule has 0 aromatic heterocycles. The van der Waals surface area contributed by atoms with Gasteiger partial charge in [0.15, 0.2) is 0 Å². The summed E-state index contributed by atoms with van der Waals surface area (Å²) in [5, 5.41) is 32.9. The molecule has 2 atom stereocenters. The van der Waals surface area contributed by atoms with Crippen molar-refractivity contribution in [1.82, 2.24) is 16.0 Å². The smallest absolute Gasteiger partial charge is 0.303 e. The maximum absolute atomic E-state index is 12.5. The quantitative estimate of drug-likeness (QED) is 0.108. The number of aliphatic carboxylic acids is 2. The molecule has 4 heterocycles. The predicted molar refractivity (Wildman–Crippen MR) is 170 cm³/mol. The van der Waals surface area contributed by atoms with Crippen molar-refractivity contribution in [2.45, 2.75) is 60.3 Å². The summed E-state index contributed by atoms with van der Waals surface area (Å²) in [4.78, 5) is 47.8. The van der Waals surface area contributed by atoms with Crippen LogP contribution in [0.5, 0.6) is 0 Å². The lowest BCUT2D eigenvalue weighted by molar-refractivity contribution is -0.137. The number of carboxylic acid groups (broad SMARTS) is 2. The number of carbonyl (C=O) groups is 4. The summed E-state index contributed by atoms with van der Waals surface area (Å²) in [6.45, 7) is 9.29. The van der Waals surface area contributed by atoms with Crippen molar-refractivity contribution in [2.75, 3.05) is 5.75 Å². The Labute approximate surface area is 263 Å². The Balaban J connectivity index is 1.73. The van der Waals surface area contributed by atoms with E-state index in [2.05, 4.69) is 33.9 Å². The fourth-order valence-electron chi connectivity index (χ4n) is 5.82. The van der Waals surface area contributed by atoms with Crippen LogP contribution < -0.4 is 16.0 Å². The molecule has 11 heteroatoms. The fraction of sp³-hybridized carbons (Fsp3) is 0.364. The van der Waals surface area contributed by atoms with E-state index in [9.17, 15) is 29.4 Å². The van der Waals surface area contributed by atoms with Crippen molar-refractivity contribution < 1.29 is 29.4 Å². The molecule has 0 spiro atoms. The highest BCUT2D eigenvalue weighted by Gasteiger charge is 2.27. The van der Waals surface area contributed by atoms with Crippen LogP contribution in [0.15, 0.2) is 80.7 Å². The number of rotatable bonds is 11. The van der Waals surface area contributed by atoms with Crippen LogP contribution in [0.1, 0.15) is 60.3 Å². The Hall–Kier alpha value is -4.25. The molecule has 1 fully saturated rings. The Morgan fingerprint density at radius 1 is 1.09 bits per heavy atom. The average Bonchev–Trinajstić information content (AvgIpc) is 3.60. The molecule has 1 unspecified atom stereocenters. The molecule has 0 aromatic carbocycles. The molecular formula is C33H38N4O6S-4. The van der Waals surface area contributed by atoms with E-state index in [1.807, 2.05) is 46.3 Å². The fourth-order valence-corrected chi connectivity index (χ4v) is 6.05. The van der Waals surface area contributed by atoms with Crippen molar-refractivity contribution in [3.63, 3.8) is 0 Å². The molecule has 0 saturated carbocycles. The second kappa shape index (κ2) is 13.6.